The summed E-state index contributed by atoms with van der Waals surface area (Å²) in [5, 5.41) is 3.02. The van der Waals surface area contributed by atoms with Crippen molar-refractivity contribution < 1.29 is 14.4 Å². The number of benzene rings is 3. The van der Waals surface area contributed by atoms with Gasteiger partial charge < -0.3 is 19.9 Å². The van der Waals surface area contributed by atoms with Crippen LogP contribution in [-0.4, -0.2) is 39.1 Å². The lowest BCUT2D eigenvalue weighted by molar-refractivity contribution is -0.880. The number of para-hydroxylation sites is 1. The van der Waals surface area contributed by atoms with Crippen molar-refractivity contribution in [2.75, 3.05) is 43.4 Å². The van der Waals surface area contributed by atoms with Gasteiger partial charge in [-0.1, -0.05) is 36.4 Å². The number of hydrogen-bond acceptors (Lipinski definition) is 3. The number of rotatable bonds is 6. The number of carbonyl (C=O) groups excluding carboxylic acids is 1. The number of ether oxygens (including phenoxy) is 1. The van der Waals surface area contributed by atoms with E-state index < -0.39 is 0 Å². The van der Waals surface area contributed by atoms with Crippen molar-refractivity contribution in [2.24, 2.45) is 0 Å². The van der Waals surface area contributed by atoms with Crippen molar-refractivity contribution in [2.45, 2.75) is 6.61 Å². The highest BCUT2D eigenvalue weighted by molar-refractivity contribution is 6.05. The molecule has 0 unspecified atom stereocenters. The van der Waals surface area contributed by atoms with Crippen LogP contribution in [0.2, 0.25) is 0 Å². The molecule has 30 heavy (non-hydrogen) atoms. The Bertz CT molecular complexity index is 965. The summed E-state index contributed by atoms with van der Waals surface area (Å²) in [5.41, 5.74) is 3.48. The fourth-order valence-electron chi connectivity index (χ4n) is 3.65. The second-order valence-corrected chi connectivity index (χ2v) is 7.70. The predicted molar refractivity (Wildman–Crippen MR) is 120 cm³/mol. The predicted octanol–water partition coefficient (Wildman–Crippen LogP) is 2.85. The minimum absolute atomic E-state index is 0.127. The summed E-state index contributed by atoms with van der Waals surface area (Å²) in [4.78, 5) is 16.9. The number of quaternary nitrogens is 1. The molecule has 1 amide bonds. The monoisotopic (exact) mass is 402 g/mol. The lowest BCUT2D eigenvalue weighted by Crippen LogP contribution is -3.12. The highest BCUT2D eigenvalue weighted by atomic mass is 16.5. The Labute approximate surface area is 177 Å². The first-order valence-electron chi connectivity index (χ1n) is 10.4. The molecule has 5 nitrogen and oxygen atoms in total. The first-order valence-corrected chi connectivity index (χ1v) is 10.4. The van der Waals surface area contributed by atoms with Crippen molar-refractivity contribution in [1.82, 2.24) is 0 Å². The zero-order valence-electron chi connectivity index (χ0n) is 17.3. The van der Waals surface area contributed by atoms with Crippen LogP contribution in [0.5, 0.6) is 5.75 Å². The smallest absolute Gasteiger partial charge is 0.256 e. The summed E-state index contributed by atoms with van der Waals surface area (Å²) >= 11 is 0. The zero-order chi connectivity index (χ0) is 20.8. The SMILES string of the molecule is C[NH+]1CCN(c2ccc(NC(=O)c3ccccc3COc3ccccc3)cc2)CC1. The van der Waals surface area contributed by atoms with E-state index >= 15 is 0 Å². The first-order chi connectivity index (χ1) is 14.7. The standard InChI is InChI=1S/C25H27N3O2/c1-27-15-17-28(18-16-27)22-13-11-21(12-14-22)26-25(29)24-10-6-5-7-20(24)19-30-23-8-3-2-4-9-23/h2-14H,15-19H2,1H3,(H,26,29)/p+1. The summed E-state index contributed by atoms with van der Waals surface area (Å²) < 4.78 is 5.84. The second-order valence-electron chi connectivity index (χ2n) is 7.70. The topological polar surface area (TPSA) is 46.0 Å². The van der Waals surface area contributed by atoms with Crippen molar-refractivity contribution in [1.29, 1.82) is 0 Å². The third kappa shape index (κ3) is 4.99. The number of piperazine rings is 1. The Morgan fingerprint density at radius 3 is 2.33 bits per heavy atom. The van der Waals surface area contributed by atoms with Crippen LogP contribution in [0.25, 0.3) is 0 Å². The van der Waals surface area contributed by atoms with Crippen molar-refractivity contribution in [3.63, 3.8) is 0 Å². The maximum absolute atomic E-state index is 12.9. The Balaban J connectivity index is 1.40. The molecule has 0 radical (unpaired) electrons. The van der Waals surface area contributed by atoms with Crippen LogP contribution in [0.3, 0.4) is 0 Å². The van der Waals surface area contributed by atoms with Gasteiger partial charge in [0.15, 0.2) is 0 Å². The average Bonchev–Trinajstić information content (AvgIpc) is 2.80. The fraction of sp³-hybridized carbons (Fsp3) is 0.240. The molecule has 0 aromatic heterocycles. The minimum Gasteiger partial charge on any atom is -0.489 e. The Kier molecular flexibility index (Phi) is 6.30. The summed E-state index contributed by atoms with van der Waals surface area (Å²) in [7, 11) is 2.23. The molecule has 1 saturated heterocycles. The van der Waals surface area contributed by atoms with Crippen LogP contribution >= 0.6 is 0 Å². The third-order valence-electron chi connectivity index (χ3n) is 5.51. The average molecular weight is 403 g/mol. The Morgan fingerprint density at radius 2 is 1.60 bits per heavy atom. The molecule has 0 aliphatic carbocycles. The van der Waals surface area contributed by atoms with Gasteiger partial charge in [-0.05, 0) is 42.5 Å². The van der Waals surface area contributed by atoms with Gasteiger partial charge >= 0.3 is 0 Å². The second kappa shape index (κ2) is 9.46. The normalized spacial score (nSPS) is 14.4. The van der Waals surface area contributed by atoms with Crippen LogP contribution < -0.4 is 19.9 Å². The molecule has 5 heteroatoms. The highest BCUT2D eigenvalue weighted by Crippen LogP contribution is 2.20. The van der Waals surface area contributed by atoms with E-state index in [1.807, 2.05) is 66.7 Å². The summed E-state index contributed by atoms with van der Waals surface area (Å²) in [6.07, 6.45) is 0. The van der Waals surface area contributed by atoms with E-state index in [-0.39, 0.29) is 5.91 Å². The zero-order valence-corrected chi connectivity index (χ0v) is 17.3. The quantitative estimate of drug-likeness (QED) is 0.667. The Morgan fingerprint density at radius 1 is 0.933 bits per heavy atom. The number of nitrogens with one attached hydrogen (secondary N) is 2. The van der Waals surface area contributed by atoms with Gasteiger partial charge in [-0.3, -0.25) is 4.79 Å². The highest BCUT2D eigenvalue weighted by Gasteiger charge is 2.17. The molecular formula is C25H28N3O2+. The van der Waals surface area contributed by atoms with E-state index in [4.69, 9.17) is 4.74 Å². The number of carbonyl (C=O) groups is 1. The van der Waals surface area contributed by atoms with Crippen LogP contribution in [0.1, 0.15) is 15.9 Å². The summed E-state index contributed by atoms with van der Waals surface area (Å²) in [6.45, 7) is 4.78. The lowest BCUT2D eigenvalue weighted by Gasteiger charge is -2.31. The molecule has 3 aromatic rings. The van der Waals surface area contributed by atoms with Gasteiger partial charge in [0.1, 0.15) is 12.4 Å². The molecule has 1 aliphatic rings. The molecule has 2 N–H and O–H groups in total. The van der Waals surface area contributed by atoms with Crippen LogP contribution in [0, 0.1) is 0 Å². The molecule has 0 saturated carbocycles. The number of likely N-dealkylation sites (N-methyl/N-ethyl adjacent to an activating group) is 1. The van der Waals surface area contributed by atoms with Gasteiger partial charge in [0.2, 0.25) is 0 Å². The summed E-state index contributed by atoms with van der Waals surface area (Å²) in [6, 6.07) is 25.3. The van der Waals surface area contributed by atoms with E-state index in [1.54, 1.807) is 4.90 Å². The number of anilines is 2. The van der Waals surface area contributed by atoms with E-state index in [1.165, 1.54) is 5.69 Å². The Hall–Kier alpha value is -3.31. The molecule has 0 spiro atoms. The van der Waals surface area contributed by atoms with Crippen molar-refractivity contribution in [3.05, 3.63) is 90.0 Å². The van der Waals surface area contributed by atoms with E-state index in [0.717, 1.165) is 43.2 Å². The maximum atomic E-state index is 12.9. The van der Waals surface area contributed by atoms with Gasteiger partial charge in [-0.15, -0.1) is 0 Å². The van der Waals surface area contributed by atoms with E-state index in [0.29, 0.717) is 12.2 Å². The first kappa shape index (κ1) is 20.0. The molecule has 1 fully saturated rings. The van der Waals surface area contributed by atoms with Crippen molar-refractivity contribution in [3.8, 4) is 5.75 Å². The van der Waals surface area contributed by atoms with E-state index in [2.05, 4.69) is 29.4 Å². The van der Waals surface area contributed by atoms with Gasteiger partial charge in [-0.25, -0.2) is 0 Å². The molecule has 154 valence electrons. The maximum Gasteiger partial charge on any atom is 0.256 e. The lowest BCUT2D eigenvalue weighted by atomic mass is 10.1. The molecule has 3 aromatic carbocycles. The molecule has 0 bridgehead atoms. The van der Waals surface area contributed by atoms with Gasteiger partial charge in [0.05, 0.1) is 33.2 Å². The molecular weight excluding hydrogens is 374 g/mol. The van der Waals surface area contributed by atoms with Gasteiger partial charge in [0.25, 0.3) is 5.91 Å². The third-order valence-corrected chi connectivity index (χ3v) is 5.51. The number of amides is 1. The van der Waals surface area contributed by atoms with Crippen LogP contribution in [0.15, 0.2) is 78.9 Å². The van der Waals surface area contributed by atoms with Gasteiger partial charge in [0, 0.05) is 22.5 Å². The molecule has 1 heterocycles. The van der Waals surface area contributed by atoms with Gasteiger partial charge in [-0.2, -0.15) is 0 Å². The number of nitrogens with zero attached hydrogens (tertiary/aromatic N) is 1. The van der Waals surface area contributed by atoms with Crippen molar-refractivity contribution >= 4 is 17.3 Å². The molecule has 1 aliphatic heterocycles. The largest absolute Gasteiger partial charge is 0.489 e. The molecule has 0 atom stereocenters. The fourth-order valence-corrected chi connectivity index (χ4v) is 3.65. The van der Waals surface area contributed by atoms with Crippen LogP contribution in [0.4, 0.5) is 11.4 Å². The number of hydrogen-bond donors (Lipinski definition) is 2. The van der Waals surface area contributed by atoms with Crippen LogP contribution in [-0.2, 0) is 6.61 Å². The minimum atomic E-state index is -0.127. The molecule has 4 rings (SSSR count). The van der Waals surface area contributed by atoms with E-state index in [9.17, 15) is 4.79 Å². The summed E-state index contributed by atoms with van der Waals surface area (Å²) in [5.74, 6) is 0.659.